The molecule has 4 heteroatoms. The van der Waals surface area contributed by atoms with Crippen molar-refractivity contribution in [1.29, 1.82) is 0 Å². The average Bonchev–Trinajstić information content (AvgIpc) is 2.52. The van der Waals surface area contributed by atoms with Crippen LogP contribution in [-0.2, 0) is 29.4 Å². The van der Waals surface area contributed by atoms with Crippen molar-refractivity contribution >= 4 is 22.3 Å². The van der Waals surface area contributed by atoms with E-state index in [0.29, 0.717) is 0 Å². The molecule has 0 aliphatic heterocycles. The zero-order chi connectivity index (χ0) is 18.4. The number of aryl methyl sites for hydroxylation is 2. The molecule has 2 aromatic carbocycles. The number of hydrogen-bond acceptors (Lipinski definition) is 3. The third-order valence-corrected chi connectivity index (χ3v) is 3.57. The van der Waals surface area contributed by atoms with Crippen LogP contribution in [0.3, 0.4) is 0 Å². The first-order chi connectivity index (χ1) is 11.9. The Labute approximate surface area is 167 Å². The molecule has 0 aliphatic carbocycles. The van der Waals surface area contributed by atoms with Gasteiger partial charge in [0.25, 0.3) is 0 Å². The van der Waals surface area contributed by atoms with E-state index < -0.39 is 0 Å². The predicted octanol–water partition coefficient (Wildman–Crippen LogP) is 4.87. The van der Waals surface area contributed by atoms with E-state index in [0.717, 1.165) is 16.8 Å². The second-order valence-electron chi connectivity index (χ2n) is 6.22. The number of aromatic nitrogens is 1. The van der Waals surface area contributed by atoms with Crippen LogP contribution in [0.1, 0.15) is 31.4 Å². The van der Waals surface area contributed by atoms with Gasteiger partial charge in [-0.3, -0.25) is 9.59 Å². The van der Waals surface area contributed by atoms with Gasteiger partial charge < -0.3 is 4.98 Å². The maximum absolute atomic E-state index is 10.0. The molecule has 0 unspecified atom stereocenters. The molecule has 3 aromatic rings. The van der Waals surface area contributed by atoms with Gasteiger partial charge in [-0.05, 0) is 36.4 Å². The van der Waals surface area contributed by atoms with Crippen LogP contribution in [0, 0.1) is 19.9 Å². The predicted molar refractivity (Wildman–Crippen MR) is 101 cm³/mol. The van der Waals surface area contributed by atoms with Crippen LogP contribution < -0.4 is 0 Å². The fourth-order valence-electron chi connectivity index (χ4n) is 2.71. The summed E-state index contributed by atoms with van der Waals surface area (Å²) in [4.78, 5) is 24.6. The number of Topliss-reactive ketones (excluding diaryl/α,β-unsaturated/α-hetero) is 2. The van der Waals surface area contributed by atoms with Gasteiger partial charge in [0.05, 0.1) is 6.42 Å². The molecular weight excluding hydrogens is 500 g/mol. The molecule has 1 heterocycles. The normalized spacial score (nSPS) is 9.69. The molecule has 0 saturated heterocycles. The van der Waals surface area contributed by atoms with Crippen molar-refractivity contribution in [3.05, 3.63) is 65.9 Å². The van der Waals surface area contributed by atoms with E-state index in [9.17, 15) is 9.59 Å². The SMILES string of the molecule is CC(=O)CC(C)=O.Cc1[c-]c(-c2nccc3ccccc23)cc(C)c1.[Os+]. The Hall–Kier alpha value is -2.17. The van der Waals surface area contributed by atoms with Crippen molar-refractivity contribution in [3.8, 4) is 11.3 Å². The summed E-state index contributed by atoms with van der Waals surface area (Å²) >= 11 is 0. The Morgan fingerprint density at radius 1 is 1.00 bits per heavy atom. The van der Waals surface area contributed by atoms with E-state index in [1.165, 1.54) is 30.2 Å². The first-order valence-corrected chi connectivity index (χ1v) is 8.20. The van der Waals surface area contributed by atoms with Gasteiger partial charge >= 0.3 is 19.8 Å². The van der Waals surface area contributed by atoms with E-state index in [1.54, 1.807) is 0 Å². The monoisotopic (exact) mass is 524 g/mol. The summed E-state index contributed by atoms with van der Waals surface area (Å²) in [6.07, 6.45) is 1.95. The van der Waals surface area contributed by atoms with E-state index in [2.05, 4.69) is 61.3 Å². The molecule has 0 aliphatic rings. The summed E-state index contributed by atoms with van der Waals surface area (Å²) in [6.45, 7) is 6.99. The number of pyridine rings is 1. The molecule has 0 spiro atoms. The number of hydrogen-bond donors (Lipinski definition) is 0. The third kappa shape index (κ3) is 6.28. The van der Waals surface area contributed by atoms with Crippen molar-refractivity contribution in [2.45, 2.75) is 34.1 Å². The third-order valence-electron chi connectivity index (χ3n) is 3.57. The van der Waals surface area contributed by atoms with Crippen LogP contribution in [0.4, 0.5) is 0 Å². The van der Waals surface area contributed by atoms with E-state index in [-0.39, 0.29) is 37.8 Å². The number of ketones is 2. The number of carbonyl (C=O) groups is 2. The Morgan fingerprint density at radius 2 is 1.65 bits per heavy atom. The Balaban J connectivity index is 0.000000366. The second kappa shape index (κ2) is 10.1. The molecule has 3 nitrogen and oxygen atoms in total. The Morgan fingerprint density at radius 3 is 2.23 bits per heavy atom. The van der Waals surface area contributed by atoms with Crippen LogP contribution in [0.2, 0.25) is 0 Å². The fourth-order valence-corrected chi connectivity index (χ4v) is 2.71. The fraction of sp³-hybridized carbons (Fsp3) is 0.227. The molecule has 1 aromatic heterocycles. The largest absolute Gasteiger partial charge is 1.00 e. The van der Waals surface area contributed by atoms with Gasteiger partial charge in [0, 0.05) is 6.20 Å². The molecule has 0 atom stereocenters. The zero-order valence-corrected chi connectivity index (χ0v) is 18.0. The van der Waals surface area contributed by atoms with E-state index in [1.807, 2.05) is 12.3 Å². The number of carbonyl (C=O) groups excluding carboxylic acids is 2. The standard InChI is InChI=1S/C17H14N.C5H8O2.Os/c1-12-9-13(2)11-15(10-12)17-16-6-4-3-5-14(16)7-8-18-17;1-4(6)3-5(2)7;/h3-10H,1-2H3;3H2,1-2H3;/q-1;;+1. The minimum Gasteiger partial charge on any atom is -0.304 e. The maximum atomic E-state index is 10.0. The molecule has 135 valence electrons. The summed E-state index contributed by atoms with van der Waals surface area (Å²) in [5, 5.41) is 2.40. The topological polar surface area (TPSA) is 47.0 Å². The van der Waals surface area contributed by atoms with Gasteiger partial charge in [-0.2, -0.15) is 0 Å². The van der Waals surface area contributed by atoms with Crippen LogP contribution in [0.15, 0.2) is 48.7 Å². The average molecular weight is 523 g/mol. The first-order valence-electron chi connectivity index (χ1n) is 8.20. The van der Waals surface area contributed by atoms with Crippen LogP contribution in [-0.4, -0.2) is 16.6 Å². The van der Waals surface area contributed by atoms with Gasteiger partial charge in [0.2, 0.25) is 0 Å². The zero-order valence-electron chi connectivity index (χ0n) is 15.4. The van der Waals surface area contributed by atoms with Crippen molar-refractivity contribution in [2.75, 3.05) is 0 Å². The van der Waals surface area contributed by atoms with Crippen LogP contribution in [0.5, 0.6) is 0 Å². The van der Waals surface area contributed by atoms with Crippen molar-refractivity contribution < 1.29 is 29.4 Å². The molecule has 26 heavy (non-hydrogen) atoms. The molecule has 0 N–H and O–H groups in total. The van der Waals surface area contributed by atoms with Gasteiger partial charge in [-0.15, -0.1) is 34.9 Å². The summed E-state index contributed by atoms with van der Waals surface area (Å²) < 4.78 is 0. The summed E-state index contributed by atoms with van der Waals surface area (Å²) in [7, 11) is 0. The smallest absolute Gasteiger partial charge is 0.304 e. The summed E-state index contributed by atoms with van der Waals surface area (Å²) in [5.74, 6) is -0.125. The Bertz CT molecular complexity index is 881. The molecule has 0 bridgehead atoms. The molecule has 0 saturated carbocycles. The minimum atomic E-state index is -0.0625. The molecule has 0 fully saturated rings. The summed E-state index contributed by atoms with van der Waals surface area (Å²) in [6, 6.07) is 18.0. The van der Waals surface area contributed by atoms with E-state index >= 15 is 0 Å². The van der Waals surface area contributed by atoms with E-state index in [4.69, 9.17) is 0 Å². The quantitative estimate of drug-likeness (QED) is 0.364. The number of nitrogens with zero attached hydrogens (tertiary/aromatic N) is 1. The number of fused-ring (bicyclic) bond motifs is 1. The summed E-state index contributed by atoms with van der Waals surface area (Å²) in [5.41, 5.74) is 4.49. The Kier molecular flexibility index (Phi) is 8.49. The number of benzene rings is 2. The first kappa shape index (κ1) is 21.9. The van der Waals surface area contributed by atoms with Gasteiger partial charge in [-0.1, -0.05) is 38.1 Å². The molecule has 1 radical (unpaired) electrons. The molecule has 0 amide bonds. The van der Waals surface area contributed by atoms with Gasteiger partial charge in [0.1, 0.15) is 11.6 Å². The molecular formula is C22H22NO2Os. The van der Waals surface area contributed by atoms with Crippen LogP contribution >= 0.6 is 0 Å². The minimum absolute atomic E-state index is 0. The van der Waals surface area contributed by atoms with Crippen molar-refractivity contribution in [1.82, 2.24) is 4.98 Å². The second-order valence-corrected chi connectivity index (χ2v) is 6.22. The molecule has 3 rings (SSSR count). The number of rotatable bonds is 3. The van der Waals surface area contributed by atoms with Crippen molar-refractivity contribution in [3.63, 3.8) is 0 Å². The maximum Gasteiger partial charge on any atom is 1.00 e. The van der Waals surface area contributed by atoms with Crippen LogP contribution in [0.25, 0.3) is 22.0 Å². The van der Waals surface area contributed by atoms with Gasteiger partial charge in [-0.25, -0.2) is 0 Å². The van der Waals surface area contributed by atoms with Crippen molar-refractivity contribution in [2.24, 2.45) is 0 Å². The van der Waals surface area contributed by atoms with Gasteiger partial charge in [0.15, 0.2) is 0 Å².